The van der Waals surface area contributed by atoms with Crippen molar-refractivity contribution in [1.29, 1.82) is 0 Å². The number of carbonyl (C=O) groups is 2. The SMILES string of the molecule is Cn1cc(CNC(=O)C=O)c2ccccc21. The third-order valence-electron chi connectivity index (χ3n) is 2.54. The number of nitrogens with one attached hydrogen (secondary N) is 1. The molecular formula is C12H12N2O2. The number of aromatic nitrogens is 1. The predicted molar refractivity (Wildman–Crippen MR) is 60.8 cm³/mol. The Morgan fingerprint density at radius 3 is 2.94 bits per heavy atom. The quantitative estimate of drug-likeness (QED) is 0.614. The number of fused-ring (bicyclic) bond motifs is 1. The Balaban J connectivity index is 2.31. The van der Waals surface area contributed by atoms with Crippen molar-refractivity contribution < 1.29 is 9.59 Å². The molecule has 1 amide bonds. The van der Waals surface area contributed by atoms with Gasteiger partial charge in [-0.25, -0.2) is 0 Å². The van der Waals surface area contributed by atoms with Crippen LogP contribution in [0.4, 0.5) is 0 Å². The standard InChI is InChI=1S/C12H12N2O2/c1-14-7-9(6-13-12(16)8-15)10-4-2-3-5-11(10)14/h2-5,7-8H,6H2,1H3,(H,13,16). The molecule has 0 unspecified atom stereocenters. The van der Waals surface area contributed by atoms with Crippen molar-refractivity contribution in [2.75, 3.05) is 0 Å². The van der Waals surface area contributed by atoms with E-state index < -0.39 is 5.91 Å². The molecule has 4 heteroatoms. The summed E-state index contributed by atoms with van der Waals surface area (Å²) in [5.41, 5.74) is 2.12. The zero-order valence-electron chi connectivity index (χ0n) is 8.93. The number of hydrogen-bond acceptors (Lipinski definition) is 2. The normalized spacial score (nSPS) is 10.3. The molecule has 0 radical (unpaired) electrons. The van der Waals surface area contributed by atoms with Crippen LogP contribution in [0, 0.1) is 0 Å². The Hall–Kier alpha value is -2.10. The van der Waals surface area contributed by atoms with Crippen LogP contribution in [0.1, 0.15) is 5.56 Å². The molecule has 82 valence electrons. The first-order valence-corrected chi connectivity index (χ1v) is 4.98. The molecule has 1 aromatic heterocycles. The summed E-state index contributed by atoms with van der Waals surface area (Å²) in [5, 5.41) is 3.63. The van der Waals surface area contributed by atoms with Gasteiger partial charge in [-0.1, -0.05) is 18.2 Å². The van der Waals surface area contributed by atoms with Gasteiger partial charge in [0, 0.05) is 30.7 Å². The second-order valence-electron chi connectivity index (χ2n) is 3.62. The van der Waals surface area contributed by atoms with E-state index in [2.05, 4.69) is 5.32 Å². The lowest BCUT2D eigenvalue weighted by Crippen LogP contribution is -2.23. The van der Waals surface area contributed by atoms with Gasteiger partial charge in [0.1, 0.15) is 0 Å². The first kappa shape index (κ1) is 10.4. The van der Waals surface area contributed by atoms with E-state index in [1.165, 1.54) is 0 Å². The van der Waals surface area contributed by atoms with Crippen molar-refractivity contribution >= 4 is 23.1 Å². The number of rotatable bonds is 3. The van der Waals surface area contributed by atoms with Crippen LogP contribution in [-0.2, 0) is 23.2 Å². The fourth-order valence-electron chi connectivity index (χ4n) is 1.79. The van der Waals surface area contributed by atoms with Crippen LogP contribution in [0.3, 0.4) is 0 Å². The van der Waals surface area contributed by atoms with E-state index in [0.717, 1.165) is 16.5 Å². The molecule has 1 N–H and O–H groups in total. The first-order valence-electron chi connectivity index (χ1n) is 4.98. The second kappa shape index (κ2) is 4.18. The Morgan fingerprint density at radius 1 is 1.44 bits per heavy atom. The smallest absolute Gasteiger partial charge is 0.284 e. The van der Waals surface area contributed by atoms with Crippen LogP contribution >= 0.6 is 0 Å². The monoisotopic (exact) mass is 216 g/mol. The van der Waals surface area contributed by atoms with Gasteiger partial charge in [-0.05, 0) is 11.6 Å². The number of nitrogens with zero attached hydrogens (tertiary/aromatic N) is 1. The Bertz CT molecular complexity index is 543. The van der Waals surface area contributed by atoms with E-state index in [0.29, 0.717) is 6.54 Å². The number of para-hydroxylation sites is 1. The summed E-state index contributed by atoms with van der Waals surface area (Å²) in [5.74, 6) is -0.590. The zero-order chi connectivity index (χ0) is 11.5. The van der Waals surface area contributed by atoms with Gasteiger partial charge in [0.15, 0.2) is 0 Å². The molecule has 16 heavy (non-hydrogen) atoms. The highest BCUT2D eigenvalue weighted by molar-refractivity contribution is 6.23. The number of benzene rings is 1. The van der Waals surface area contributed by atoms with E-state index in [4.69, 9.17) is 0 Å². The summed E-state index contributed by atoms with van der Waals surface area (Å²) < 4.78 is 2.00. The Labute approximate surface area is 92.9 Å². The molecule has 0 saturated heterocycles. The fourth-order valence-corrected chi connectivity index (χ4v) is 1.79. The molecule has 0 aliphatic rings. The summed E-state index contributed by atoms with van der Waals surface area (Å²) >= 11 is 0. The molecule has 0 atom stereocenters. The van der Waals surface area contributed by atoms with Crippen LogP contribution in [0.2, 0.25) is 0 Å². The van der Waals surface area contributed by atoms with Crippen molar-refractivity contribution in [2.24, 2.45) is 7.05 Å². The Kier molecular flexibility index (Phi) is 2.72. The number of carbonyl (C=O) groups excluding carboxylic acids is 2. The maximum Gasteiger partial charge on any atom is 0.284 e. The number of aryl methyl sites for hydroxylation is 1. The molecule has 1 heterocycles. The van der Waals surface area contributed by atoms with Crippen molar-refractivity contribution in [3.05, 3.63) is 36.0 Å². The minimum absolute atomic E-state index is 0.283. The van der Waals surface area contributed by atoms with Crippen molar-refractivity contribution in [1.82, 2.24) is 9.88 Å². The summed E-state index contributed by atoms with van der Waals surface area (Å²) in [6, 6.07) is 7.93. The molecule has 4 nitrogen and oxygen atoms in total. The highest BCUT2D eigenvalue weighted by Gasteiger charge is 2.06. The van der Waals surface area contributed by atoms with Gasteiger partial charge in [0.05, 0.1) is 0 Å². The third kappa shape index (κ3) is 1.82. The predicted octanol–water partition coefficient (Wildman–Crippen LogP) is 0.993. The average Bonchev–Trinajstić information content (AvgIpc) is 2.64. The zero-order valence-corrected chi connectivity index (χ0v) is 8.93. The molecule has 0 fully saturated rings. The van der Waals surface area contributed by atoms with Gasteiger partial charge >= 0.3 is 0 Å². The van der Waals surface area contributed by atoms with Gasteiger partial charge < -0.3 is 9.88 Å². The lowest BCUT2D eigenvalue weighted by molar-refractivity contribution is -0.131. The Morgan fingerprint density at radius 2 is 2.19 bits per heavy atom. The molecule has 2 rings (SSSR count). The summed E-state index contributed by atoms with van der Waals surface area (Å²) in [6.45, 7) is 0.374. The summed E-state index contributed by atoms with van der Waals surface area (Å²) in [4.78, 5) is 21.0. The molecule has 0 aliphatic carbocycles. The molecule has 0 spiro atoms. The molecule has 0 aliphatic heterocycles. The number of aldehydes is 1. The number of hydrogen-bond donors (Lipinski definition) is 1. The minimum atomic E-state index is -0.590. The van der Waals surface area contributed by atoms with Crippen LogP contribution in [0.5, 0.6) is 0 Å². The van der Waals surface area contributed by atoms with Crippen molar-refractivity contribution in [3.8, 4) is 0 Å². The van der Waals surface area contributed by atoms with Gasteiger partial charge in [0.2, 0.25) is 6.29 Å². The van der Waals surface area contributed by atoms with Gasteiger partial charge in [0.25, 0.3) is 5.91 Å². The maximum atomic E-state index is 10.8. The van der Waals surface area contributed by atoms with Crippen molar-refractivity contribution in [2.45, 2.75) is 6.54 Å². The largest absolute Gasteiger partial charge is 0.350 e. The van der Waals surface area contributed by atoms with Crippen LogP contribution < -0.4 is 5.32 Å². The van der Waals surface area contributed by atoms with Crippen LogP contribution in [-0.4, -0.2) is 16.8 Å². The van der Waals surface area contributed by atoms with E-state index >= 15 is 0 Å². The molecular weight excluding hydrogens is 204 g/mol. The third-order valence-corrected chi connectivity index (χ3v) is 2.54. The highest BCUT2D eigenvalue weighted by atomic mass is 16.2. The molecule has 0 saturated carbocycles. The van der Waals surface area contributed by atoms with E-state index in [1.807, 2.05) is 42.1 Å². The first-order chi connectivity index (χ1) is 7.72. The van der Waals surface area contributed by atoms with Gasteiger partial charge in [-0.15, -0.1) is 0 Å². The van der Waals surface area contributed by atoms with E-state index in [-0.39, 0.29) is 6.29 Å². The van der Waals surface area contributed by atoms with E-state index in [1.54, 1.807) is 0 Å². The molecule has 0 bridgehead atoms. The van der Waals surface area contributed by atoms with E-state index in [9.17, 15) is 9.59 Å². The topological polar surface area (TPSA) is 51.1 Å². The fraction of sp³-hybridized carbons (Fsp3) is 0.167. The van der Waals surface area contributed by atoms with Crippen LogP contribution in [0.25, 0.3) is 10.9 Å². The lowest BCUT2D eigenvalue weighted by Gasteiger charge is -1.98. The second-order valence-corrected chi connectivity index (χ2v) is 3.62. The molecule has 1 aromatic carbocycles. The molecule has 2 aromatic rings. The summed E-state index contributed by atoms with van der Waals surface area (Å²) in [7, 11) is 1.95. The summed E-state index contributed by atoms with van der Waals surface area (Å²) in [6.07, 6.45) is 2.24. The lowest BCUT2D eigenvalue weighted by atomic mass is 10.2. The average molecular weight is 216 g/mol. The van der Waals surface area contributed by atoms with Gasteiger partial charge in [-0.2, -0.15) is 0 Å². The van der Waals surface area contributed by atoms with Gasteiger partial charge in [-0.3, -0.25) is 9.59 Å². The highest BCUT2D eigenvalue weighted by Crippen LogP contribution is 2.19. The van der Waals surface area contributed by atoms with Crippen molar-refractivity contribution in [3.63, 3.8) is 0 Å². The minimum Gasteiger partial charge on any atom is -0.350 e. The number of amides is 1. The van der Waals surface area contributed by atoms with Crippen LogP contribution in [0.15, 0.2) is 30.5 Å². The maximum absolute atomic E-state index is 10.8.